The highest BCUT2D eigenvalue weighted by atomic mass is 35.5. The first-order valence-corrected chi connectivity index (χ1v) is 22.1. The topological polar surface area (TPSA) is 314 Å². The third-order valence-corrected chi connectivity index (χ3v) is 12.0. The number of hydrogen-bond acceptors (Lipinski definition) is 16. The maximum absolute atomic E-state index is 13.1. The normalized spacial score (nSPS) is 16.9. The van der Waals surface area contributed by atoms with E-state index >= 15 is 0 Å². The Morgan fingerprint density at radius 1 is 0.851 bits per heavy atom. The lowest BCUT2D eigenvalue weighted by Crippen LogP contribution is -2.50. The van der Waals surface area contributed by atoms with Crippen LogP contribution in [0, 0.1) is 22.7 Å². The number of pyridine rings is 1. The summed E-state index contributed by atoms with van der Waals surface area (Å²) in [6.07, 6.45) is -3.47. The number of carboxylic acid groups (broad SMARTS) is 2. The zero-order valence-electron chi connectivity index (χ0n) is 36.0. The number of nitrogens with one attached hydrogen (secondary N) is 2. The molecule has 6 rings (SSSR count). The Hall–Kier alpha value is -7.24. The quantitative estimate of drug-likeness (QED) is 0.0887. The van der Waals surface area contributed by atoms with Crippen LogP contribution < -0.4 is 21.1 Å². The highest BCUT2D eigenvalue weighted by Gasteiger charge is 2.37. The fraction of sp³-hybridized carbons (Fsp3) is 0.364. The summed E-state index contributed by atoms with van der Waals surface area (Å²) in [5, 5.41) is 44.5. The molecule has 2 saturated heterocycles. The van der Waals surface area contributed by atoms with E-state index in [1.54, 1.807) is 48.5 Å². The number of hydrogen-bond donors (Lipinski definition) is 5. The molecule has 350 valence electrons. The molecule has 0 spiro atoms. The number of carbonyl (C=O) groups excluding carboxylic acids is 4. The third kappa shape index (κ3) is 12.2. The van der Waals surface area contributed by atoms with Gasteiger partial charge in [0.2, 0.25) is 17.7 Å². The lowest BCUT2D eigenvalue weighted by molar-refractivity contribution is -0.150. The molecule has 4 heterocycles. The fourth-order valence-corrected chi connectivity index (χ4v) is 8.29. The number of ether oxygens (including phenoxy) is 3. The summed E-state index contributed by atoms with van der Waals surface area (Å²) in [5.74, 6) is -2.59. The number of halogens is 1. The Bertz CT molecular complexity index is 2600. The predicted octanol–water partition coefficient (Wildman–Crippen LogP) is 4.80. The van der Waals surface area contributed by atoms with Crippen LogP contribution in [0.2, 0.25) is 5.02 Å². The van der Waals surface area contributed by atoms with Gasteiger partial charge in [-0.1, -0.05) is 35.5 Å². The lowest BCUT2D eigenvalue weighted by Gasteiger charge is -2.25. The number of benzene rings is 2. The van der Waals surface area contributed by atoms with Crippen LogP contribution in [0.4, 0.5) is 15.4 Å². The van der Waals surface area contributed by atoms with Crippen LogP contribution in [0.25, 0.3) is 22.6 Å². The molecule has 2 aromatic carbocycles. The van der Waals surface area contributed by atoms with E-state index in [0.717, 1.165) is 9.80 Å². The van der Waals surface area contributed by atoms with Crippen LogP contribution in [-0.4, -0.2) is 122 Å². The van der Waals surface area contributed by atoms with Crippen molar-refractivity contribution in [3.05, 3.63) is 76.6 Å². The number of nitriles is 2. The number of anilines is 1. The van der Waals surface area contributed by atoms with Crippen molar-refractivity contribution in [2.75, 3.05) is 32.0 Å². The number of nitrogen functional groups attached to an aromatic ring is 1. The summed E-state index contributed by atoms with van der Waals surface area (Å²) in [5.41, 5.74) is 8.25. The first-order valence-electron chi connectivity index (χ1n) is 20.7. The highest BCUT2D eigenvalue weighted by Crippen LogP contribution is 2.37. The molecule has 5 atom stereocenters. The molecule has 6 N–H and O–H groups in total. The largest absolute Gasteiger partial charge is 0.491 e. The van der Waals surface area contributed by atoms with Crippen LogP contribution >= 0.6 is 23.4 Å². The highest BCUT2D eigenvalue weighted by molar-refractivity contribution is 7.98. The number of nitrogens with two attached hydrogens (primary N) is 1. The first-order chi connectivity index (χ1) is 32.1. The van der Waals surface area contributed by atoms with Gasteiger partial charge in [0.1, 0.15) is 77.6 Å². The third-order valence-electron chi connectivity index (χ3n) is 10.8. The van der Waals surface area contributed by atoms with Gasteiger partial charge >= 0.3 is 12.2 Å². The first kappa shape index (κ1) is 49.2. The van der Waals surface area contributed by atoms with Gasteiger partial charge < -0.3 is 34.6 Å². The lowest BCUT2D eigenvalue weighted by atomic mass is 9.97. The van der Waals surface area contributed by atoms with E-state index in [9.17, 15) is 49.5 Å². The number of nitrogens with zero attached hydrogens (tertiary/aromatic N) is 6. The summed E-state index contributed by atoms with van der Waals surface area (Å²) in [6, 6.07) is 15.3. The van der Waals surface area contributed by atoms with Crippen LogP contribution in [0.5, 0.6) is 5.75 Å². The summed E-state index contributed by atoms with van der Waals surface area (Å²) < 4.78 is 23.3. The standard InChI is InChI=1S/C44H44ClN9O12S/c1-23(37(55)51-39(57)33-5-3-15-53(33)43(59)60)63-20-30(66-24(2)38(56)52-40(58)34-6-4-16-54(34)44(61)62)21-64-29-13-9-25(10-14-29)35-31(17-46)36(48)50-42(32(35)18-47)67-22-28-19-65-41(49-28)26-7-11-27(45)12-8-26/h7-14,19,23-24,30,33-34H,3-6,15-16,20-22H2,1-2H3,(H2,48,50)(H,59,60)(H,61,62)(H,51,55,57)(H,52,56,58)/t23-,24-,30-,33-,34-/m0/s1. The monoisotopic (exact) mass is 957 g/mol. The van der Waals surface area contributed by atoms with Gasteiger partial charge in [0.15, 0.2) is 0 Å². The van der Waals surface area contributed by atoms with Gasteiger partial charge in [-0.3, -0.25) is 39.6 Å². The van der Waals surface area contributed by atoms with Crippen LogP contribution in [0.3, 0.4) is 0 Å². The molecule has 2 aliphatic rings. The fourth-order valence-electron chi connectivity index (χ4n) is 7.29. The minimum atomic E-state index is -1.33. The molecule has 67 heavy (non-hydrogen) atoms. The molecule has 4 aromatic rings. The van der Waals surface area contributed by atoms with Crippen LogP contribution in [-0.2, 0) is 34.4 Å². The SMILES string of the molecule is C[C@H](OC[C@@H](COc1ccc(-c2c(C#N)c(N)nc(SCc3coc(-c4ccc(Cl)cc4)n3)c2C#N)cc1)O[C@@H](C)C(=O)NC(=O)[C@@H]1CCCN1C(=O)O)C(=O)NC(=O)[C@@H]1CCCN1C(=O)O. The minimum absolute atomic E-state index is 0.0247. The number of likely N-dealkylation sites (tertiary alicyclic amines) is 2. The molecule has 6 amide bonds. The van der Waals surface area contributed by atoms with Gasteiger partial charge in [-0.05, 0) is 81.5 Å². The minimum Gasteiger partial charge on any atom is -0.491 e. The second kappa shape index (κ2) is 22.3. The van der Waals surface area contributed by atoms with Crippen LogP contribution in [0.1, 0.15) is 56.4 Å². The van der Waals surface area contributed by atoms with Crippen molar-refractivity contribution in [1.82, 2.24) is 30.4 Å². The van der Waals surface area contributed by atoms with Gasteiger partial charge in [-0.2, -0.15) is 10.5 Å². The van der Waals surface area contributed by atoms with Gasteiger partial charge in [0.25, 0.3) is 11.8 Å². The average Bonchev–Trinajstić information content (AvgIpc) is 4.12. The Labute approximate surface area is 392 Å². The molecule has 0 unspecified atom stereocenters. The molecule has 21 nitrogen and oxygen atoms in total. The van der Waals surface area contributed by atoms with E-state index in [2.05, 4.69) is 26.7 Å². The summed E-state index contributed by atoms with van der Waals surface area (Å²) >= 11 is 7.17. The van der Waals surface area contributed by atoms with Crippen molar-refractivity contribution in [3.63, 3.8) is 0 Å². The Morgan fingerprint density at radius 3 is 1.99 bits per heavy atom. The van der Waals surface area contributed by atoms with E-state index in [1.807, 2.05) is 6.07 Å². The molecule has 0 bridgehead atoms. The van der Waals surface area contributed by atoms with Crippen molar-refractivity contribution in [2.24, 2.45) is 0 Å². The van der Waals surface area contributed by atoms with E-state index in [4.69, 9.17) is 36.0 Å². The molecule has 2 aromatic heterocycles. The molecule has 2 aliphatic heterocycles. The average molecular weight is 958 g/mol. The molecular weight excluding hydrogens is 914 g/mol. The Balaban J connectivity index is 1.14. The van der Waals surface area contributed by atoms with Crippen LogP contribution in [0.15, 0.2) is 64.2 Å². The number of amides is 6. The number of imide groups is 2. The maximum atomic E-state index is 13.1. The molecule has 0 saturated carbocycles. The number of carbonyl (C=O) groups is 6. The number of aromatic nitrogens is 2. The zero-order valence-corrected chi connectivity index (χ0v) is 37.5. The van der Waals surface area contributed by atoms with Crippen molar-refractivity contribution >= 4 is 65.0 Å². The van der Waals surface area contributed by atoms with Gasteiger partial charge in [0.05, 0.1) is 17.9 Å². The van der Waals surface area contributed by atoms with E-state index in [-0.39, 0.29) is 71.6 Å². The zero-order chi connectivity index (χ0) is 48.4. The van der Waals surface area contributed by atoms with Crippen molar-refractivity contribution < 1.29 is 57.6 Å². The van der Waals surface area contributed by atoms with E-state index in [0.29, 0.717) is 40.6 Å². The number of oxazole rings is 1. The summed E-state index contributed by atoms with van der Waals surface area (Å²) in [7, 11) is 0. The predicted molar refractivity (Wildman–Crippen MR) is 237 cm³/mol. The van der Waals surface area contributed by atoms with E-state index < -0.39 is 72.8 Å². The smallest absolute Gasteiger partial charge is 0.407 e. The van der Waals surface area contributed by atoms with E-state index in [1.165, 1.54) is 31.9 Å². The summed E-state index contributed by atoms with van der Waals surface area (Å²) in [4.78, 5) is 85.7. The number of thioether (sulfide) groups is 1. The Kier molecular flexibility index (Phi) is 16.4. The van der Waals surface area contributed by atoms with Crippen molar-refractivity contribution in [2.45, 2.75) is 80.7 Å². The number of rotatable bonds is 17. The molecule has 23 heteroatoms. The molecule has 0 radical (unpaired) electrons. The maximum Gasteiger partial charge on any atom is 0.407 e. The van der Waals surface area contributed by atoms with Crippen molar-refractivity contribution in [3.8, 4) is 40.5 Å². The molecule has 0 aliphatic carbocycles. The second-order valence-electron chi connectivity index (χ2n) is 15.3. The second-order valence-corrected chi connectivity index (χ2v) is 16.7. The van der Waals surface area contributed by atoms with Gasteiger partial charge in [0, 0.05) is 35.0 Å². The van der Waals surface area contributed by atoms with Gasteiger partial charge in [-0.15, -0.1) is 0 Å². The summed E-state index contributed by atoms with van der Waals surface area (Å²) in [6.45, 7) is 2.27. The van der Waals surface area contributed by atoms with Gasteiger partial charge in [-0.25, -0.2) is 19.6 Å². The molecular formula is C44H44ClN9O12S. The van der Waals surface area contributed by atoms with Crippen molar-refractivity contribution in [1.29, 1.82) is 10.5 Å². The Morgan fingerprint density at radius 2 is 1.42 bits per heavy atom. The molecule has 2 fully saturated rings.